The number of aliphatic hydroxyl groups is 1. The molecule has 1 aliphatic carbocycles. The number of thiophene rings is 1. The van der Waals surface area contributed by atoms with Crippen LogP contribution in [0.15, 0.2) is 28.7 Å². The monoisotopic (exact) mass is 292 g/mol. The summed E-state index contributed by atoms with van der Waals surface area (Å²) in [5.74, 6) is 0.186. The highest BCUT2D eigenvalue weighted by Crippen LogP contribution is 2.44. The quantitative estimate of drug-likeness (QED) is 0.853. The summed E-state index contributed by atoms with van der Waals surface area (Å²) in [6, 6.07) is 2.12. The van der Waals surface area contributed by atoms with Crippen LogP contribution >= 0.6 is 11.3 Å². The van der Waals surface area contributed by atoms with Gasteiger partial charge in [0.2, 0.25) is 0 Å². The molecule has 0 aromatic carbocycles. The van der Waals surface area contributed by atoms with Crippen molar-refractivity contribution in [2.24, 2.45) is 5.92 Å². The second-order valence-corrected chi connectivity index (χ2v) is 6.69. The number of aliphatic hydroxyl groups excluding tert-OH is 1. The number of ether oxygens (including phenoxy) is 1. The van der Waals surface area contributed by atoms with Crippen LogP contribution in [0.3, 0.4) is 0 Å². The second-order valence-electron chi connectivity index (χ2n) is 5.91. The first kappa shape index (κ1) is 13.7. The summed E-state index contributed by atoms with van der Waals surface area (Å²) in [5.41, 5.74) is 0.798. The molecule has 0 saturated heterocycles. The fourth-order valence-corrected chi connectivity index (χ4v) is 4.28. The van der Waals surface area contributed by atoms with E-state index in [-0.39, 0.29) is 11.7 Å². The van der Waals surface area contributed by atoms with E-state index in [1.807, 2.05) is 0 Å². The SMILES string of the molecule is O=C1C=C(O)CC(CCc2ccsc2)(C2CCCC2)O1. The Morgan fingerprint density at radius 3 is 2.85 bits per heavy atom. The third kappa shape index (κ3) is 2.75. The van der Waals surface area contributed by atoms with Crippen LogP contribution in [0.5, 0.6) is 0 Å². The maximum absolute atomic E-state index is 11.8. The summed E-state index contributed by atoms with van der Waals surface area (Å²) in [4.78, 5) is 11.8. The van der Waals surface area contributed by atoms with E-state index in [1.165, 1.54) is 24.5 Å². The van der Waals surface area contributed by atoms with Crippen molar-refractivity contribution >= 4 is 17.3 Å². The number of hydrogen-bond donors (Lipinski definition) is 1. The highest BCUT2D eigenvalue weighted by molar-refractivity contribution is 7.07. The summed E-state index contributed by atoms with van der Waals surface area (Å²) in [6.45, 7) is 0. The molecule has 2 aliphatic rings. The van der Waals surface area contributed by atoms with Crippen molar-refractivity contribution in [3.05, 3.63) is 34.2 Å². The van der Waals surface area contributed by atoms with Crippen LogP contribution in [0.1, 0.15) is 44.1 Å². The summed E-state index contributed by atoms with van der Waals surface area (Å²) in [6.07, 6.45) is 8.01. The van der Waals surface area contributed by atoms with Crippen molar-refractivity contribution < 1.29 is 14.6 Å². The number of esters is 1. The number of aryl methyl sites for hydroxylation is 1. The number of carbonyl (C=O) groups is 1. The molecule has 3 rings (SSSR count). The van der Waals surface area contributed by atoms with E-state index < -0.39 is 5.60 Å². The molecule has 20 heavy (non-hydrogen) atoms. The molecule has 1 aromatic heterocycles. The van der Waals surface area contributed by atoms with Crippen LogP contribution < -0.4 is 0 Å². The first-order valence-electron chi connectivity index (χ1n) is 7.31. The molecule has 0 spiro atoms. The predicted molar refractivity (Wildman–Crippen MR) is 78.7 cm³/mol. The van der Waals surface area contributed by atoms with Crippen molar-refractivity contribution in [1.29, 1.82) is 0 Å². The molecule has 1 atom stereocenters. The average molecular weight is 292 g/mol. The first-order valence-corrected chi connectivity index (χ1v) is 8.26. The minimum atomic E-state index is -0.492. The summed E-state index contributed by atoms with van der Waals surface area (Å²) in [7, 11) is 0. The Bertz CT molecular complexity index is 500. The normalized spacial score (nSPS) is 27.4. The molecule has 1 aliphatic heterocycles. The van der Waals surface area contributed by atoms with Gasteiger partial charge in [0.05, 0.1) is 6.08 Å². The molecule has 2 heterocycles. The Morgan fingerprint density at radius 2 is 2.20 bits per heavy atom. The van der Waals surface area contributed by atoms with Gasteiger partial charge in [-0.05, 0) is 54.0 Å². The fourth-order valence-electron chi connectivity index (χ4n) is 3.57. The Hall–Kier alpha value is -1.29. The van der Waals surface area contributed by atoms with Crippen molar-refractivity contribution in [3.63, 3.8) is 0 Å². The second kappa shape index (κ2) is 5.60. The molecule has 0 amide bonds. The van der Waals surface area contributed by atoms with Gasteiger partial charge in [0.15, 0.2) is 0 Å². The van der Waals surface area contributed by atoms with Gasteiger partial charge in [-0.15, -0.1) is 0 Å². The molecule has 1 unspecified atom stereocenters. The maximum atomic E-state index is 11.8. The van der Waals surface area contributed by atoms with Crippen LogP contribution in [0.4, 0.5) is 0 Å². The van der Waals surface area contributed by atoms with Crippen molar-refractivity contribution in [1.82, 2.24) is 0 Å². The molecular weight excluding hydrogens is 272 g/mol. The highest BCUT2D eigenvalue weighted by Gasteiger charge is 2.45. The third-order valence-electron chi connectivity index (χ3n) is 4.58. The van der Waals surface area contributed by atoms with Gasteiger partial charge in [-0.3, -0.25) is 0 Å². The van der Waals surface area contributed by atoms with Crippen LogP contribution in [0, 0.1) is 5.92 Å². The summed E-state index contributed by atoms with van der Waals surface area (Å²) < 4.78 is 5.75. The lowest BCUT2D eigenvalue weighted by Gasteiger charge is -2.40. The molecule has 1 fully saturated rings. The standard InChI is InChI=1S/C16H20O3S/c17-14-9-15(18)19-16(10-14,13-3-1-2-4-13)7-5-12-6-8-20-11-12/h6,8-9,11,13,17H,1-5,7,10H2. The Balaban J connectivity index is 1.79. The zero-order chi connectivity index (χ0) is 14.0. The van der Waals surface area contributed by atoms with Gasteiger partial charge < -0.3 is 9.84 Å². The van der Waals surface area contributed by atoms with Crippen LogP contribution in [0.25, 0.3) is 0 Å². The molecule has 0 radical (unpaired) electrons. The van der Waals surface area contributed by atoms with E-state index in [9.17, 15) is 9.90 Å². The minimum Gasteiger partial charge on any atom is -0.512 e. The molecule has 108 valence electrons. The summed E-state index contributed by atoms with van der Waals surface area (Å²) >= 11 is 1.69. The Labute approximate surface area is 123 Å². The molecule has 3 nitrogen and oxygen atoms in total. The predicted octanol–water partition coefficient (Wildman–Crippen LogP) is 4.00. The van der Waals surface area contributed by atoms with E-state index in [4.69, 9.17) is 4.74 Å². The smallest absolute Gasteiger partial charge is 0.334 e. The van der Waals surface area contributed by atoms with Crippen LogP contribution in [-0.4, -0.2) is 16.7 Å². The zero-order valence-electron chi connectivity index (χ0n) is 11.5. The Kier molecular flexibility index (Phi) is 3.83. The molecule has 0 bridgehead atoms. The van der Waals surface area contributed by atoms with Gasteiger partial charge in [0, 0.05) is 6.42 Å². The van der Waals surface area contributed by atoms with Crippen molar-refractivity contribution in [3.8, 4) is 0 Å². The lowest BCUT2D eigenvalue weighted by Crippen LogP contribution is -2.44. The molecule has 1 aromatic rings. The third-order valence-corrected chi connectivity index (χ3v) is 5.32. The molecular formula is C16H20O3S. The molecule has 4 heteroatoms. The molecule has 1 saturated carbocycles. The van der Waals surface area contributed by atoms with E-state index in [0.29, 0.717) is 12.3 Å². The van der Waals surface area contributed by atoms with E-state index in [1.54, 1.807) is 11.3 Å². The topological polar surface area (TPSA) is 46.5 Å². The van der Waals surface area contributed by atoms with Crippen LogP contribution in [-0.2, 0) is 16.0 Å². The fraction of sp³-hybridized carbons (Fsp3) is 0.562. The lowest BCUT2D eigenvalue weighted by molar-refractivity contribution is -0.165. The Morgan fingerprint density at radius 1 is 1.40 bits per heavy atom. The van der Waals surface area contributed by atoms with Gasteiger partial charge in [-0.1, -0.05) is 12.8 Å². The van der Waals surface area contributed by atoms with Gasteiger partial charge in [0.1, 0.15) is 11.4 Å². The number of rotatable bonds is 4. The van der Waals surface area contributed by atoms with Gasteiger partial charge in [-0.2, -0.15) is 11.3 Å². The highest BCUT2D eigenvalue weighted by atomic mass is 32.1. The van der Waals surface area contributed by atoms with Crippen molar-refractivity contribution in [2.75, 3.05) is 0 Å². The average Bonchev–Trinajstić information content (AvgIpc) is 3.09. The van der Waals surface area contributed by atoms with E-state index in [2.05, 4.69) is 16.8 Å². The zero-order valence-corrected chi connectivity index (χ0v) is 12.3. The van der Waals surface area contributed by atoms with Gasteiger partial charge >= 0.3 is 5.97 Å². The lowest BCUT2D eigenvalue weighted by atomic mass is 9.77. The van der Waals surface area contributed by atoms with E-state index >= 15 is 0 Å². The first-order chi connectivity index (χ1) is 9.68. The van der Waals surface area contributed by atoms with Gasteiger partial charge in [-0.25, -0.2) is 4.79 Å². The van der Waals surface area contributed by atoms with Crippen molar-refractivity contribution in [2.45, 2.75) is 50.5 Å². The largest absolute Gasteiger partial charge is 0.512 e. The number of hydrogen-bond acceptors (Lipinski definition) is 4. The number of cyclic esters (lactones) is 1. The van der Waals surface area contributed by atoms with Gasteiger partial charge in [0.25, 0.3) is 0 Å². The number of carbonyl (C=O) groups excluding carboxylic acids is 1. The van der Waals surface area contributed by atoms with E-state index in [0.717, 1.165) is 25.7 Å². The summed E-state index contributed by atoms with van der Waals surface area (Å²) in [5, 5.41) is 14.1. The molecule has 1 N–H and O–H groups in total. The maximum Gasteiger partial charge on any atom is 0.334 e. The van der Waals surface area contributed by atoms with Crippen LogP contribution in [0.2, 0.25) is 0 Å². The minimum absolute atomic E-state index is 0.179.